The zero-order valence-electron chi connectivity index (χ0n) is 21.7. The average Bonchev–Trinajstić information content (AvgIpc) is 3.57. The standard InChI is InChI=1S/C29H31FN6O2/c1-17-26(32-12-11-31-17)27-25(29(38)35-16-22(15-30)18(35)2)28-33-23(14-24(37)36(28)34-27)21-9-7-20(8-10-21)13-19-5-3-4-6-19/h7-12,14,18-19,22,33H,3-6,13,15-16H2,1-2H3/t18-,22-/m1/s1. The molecule has 2 atom stereocenters. The van der Waals surface area contributed by atoms with Gasteiger partial charge in [0.05, 0.1) is 18.1 Å². The van der Waals surface area contributed by atoms with Gasteiger partial charge >= 0.3 is 0 Å². The summed E-state index contributed by atoms with van der Waals surface area (Å²) in [6, 6.07) is 9.51. The fourth-order valence-corrected chi connectivity index (χ4v) is 5.85. The van der Waals surface area contributed by atoms with Crippen molar-refractivity contribution in [3.05, 3.63) is 69.9 Å². The molecule has 2 fully saturated rings. The third-order valence-corrected chi connectivity index (χ3v) is 8.26. The van der Waals surface area contributed by atoms with Crippen molar-refractivity contribution in [2.45, 2.75) is 52.0 Å². The molecule has 2 aliphatic rings. The Kier molecular flexibility index (Phi) is 6.29. The van der Waals surface area contributed by atoms with E-state index in [2.05, 4.69) is 32.2 Å². The molecule has 1 amide bonds. The van der Waals surface area contributed by atoms with Crippen LogP contribution < -0.4 is 5.56 Å². The first-order valence-electron chi connectivity index (χ1n) is 13.3. The minimum Gasteiger partial charge on any atom is -0.339 e. The molecule has 0 bridgehead atoms. The number of rotatable bonds is 6. The van der Waals surface area contributed by atoms with Gasteiger partial charge in [-0.25, -0.2) is 0 Å². The molecule has 0 spiro atoms. The maximum atomic E-state index is 13.8. The van der Waals surface area contributed by atoms with Gasteiger partial charge in [0.25, 0.3) is 11.5 Å². The highest BCUT2D eigenvalue weighted by molar-refractivity contribution is 6.06. The number of aryl methyl sites for hydroxylation is 1. The summed E-state index contributed by atoms with van der Waals surface area (Å²) < 4.78 is 14.5. The van der Waals surface area contributed by atoms with Crippen molar-refractivity contribution in [3.8, 4) is 22.6 Å². The van der Waals surface area contributed by atoms with Gasteiger partial charge in [-0.05, 0) is 37.3 Å². The molecule has 0 radical (unpaired) electrons. The van der Waals surface area contributed by atoms with Crippen molar-refractivity contribution < 1.29 is 9.18 Å². The number of hydrogen-bond acceptors (Lipinski definition) is 5. The number of benzene rings is 1. The normalized spacial score (nSPS) is 19.7. The highest BCUT2D eigenvalue weighted by Gasteiger charge is 2.41. The van der Waals surface area contributed by atoms with Crippen LogP contribution in [0.25, 0.3) is 28.3 Å². The molecule has 1 aliphatic carbocycles. The second-order valence-corrected chi connectivity index (χ2v) is 10.7. The number of fused-ring (bicyclic) bond motifs is 1. The molecular weight excluding hydrogens is 483 g/mol. The Morgan fingerprint density at radius 1 is 1.11 bits per heavy atom. The lowest BCUT2D eigenvalue weighted by Gasteiger charge is -2.45. The van der Waals surface area contributed by atoms with E-state index < -0.39 is 6.67 Å². The Morgan fingerprint density at radius 3 is 2.53 bits per heavy atom. The quantitative estimate of drug-likeness (QED) is 0.405. The minimum absolute atomic E-state index is 0.195. The summed E-state index contributed by atoms with van der Waals surface area (Å²) in [7, 11) is 0. The molecule has 4 heterocycles. The van der Waals surface area contributed by atoms with Crippen LogP contribution in [0.3, 0.4) is 0 Å². The Balaban J connectivity index is 1.44. The lowest BCUT2D eigenvalue weighted by atomic mass is 9.90. The van der Waals surface area contributed by atoms with Crippen molar-refractivity contribution in [3.63, 3.8) is 0 Å². The summed E-state index contributed by atoms with van der Waals surface area (Å²) >= 11 is 0. The number of alkyl halides is 1. The summed E-state index contributed by atoms with van der Waals surface area (Å²) in [6.45, 7) is 3.46. The Hall–Kier alpha value is -3.88. The number of nitrogens with zero attached hydrogens (tertiary/aromatic N) is 5. The number of aromatic nitrogens is 5. The van der Waals surface area contributed by atoms with E-state index in [-0.39, 0.29) is 34.7 Å². The van der Waals surface area contributed by atoms with Crippen LogP contribution in [0.2, 0.25) is 0 Å². The van der Waals surface area contributed by atoms with E-state index in [1.807, 2.05) is 19.1 Å². The zero-order valence-corrected chi connectivity index (χ0v) is 21.7. The zero-order chi connectivity index (χ0) is 26.4. The molecule has 1 N–H and O–H groups in total. The number of hydrogen-bond donors (Lipinski definition) is 1. The molecule has 0 unspecified atom stereocenters. The summed E-state index contributed by atoms with van der Waals surface area (Å²) in [4.78, 5) is 40.7. The van der Waals surface area contributed by atoms with Crippen LogP contribution in [0.4, 0.5) is 4.39 Å². The summed E-state index contributed by atoms with van der Waals surface area (Å²) in [5.74, 6) is 0.248. The molecule has 9 heteroatoms. The number of H-pyrrole nitrogens is 1. The topological polar surface area (TPSA) is 96.2 Å². The van der Waals surface area contributed by atoms with Crippen LogP contribution in [-0.2, 0) is 6.42 Å². The first kappa shape index (κ1) is 24.5. The van der Waals surface area contributed by atoms with Gasteiger partial charge in [0, 0.05) is 37.0 Å². The van der Waals surface area contributed by atoms with Gasteiger partial charge in [0.1, 0.15) is 17.0 Å². The first-order valence-corrected chi connectivity index (χ1v) is 13.3. The van der Waals surface area contributed by atoms with Gasteiger partial charge in [0.2, 0.25) is 0 Å². The number of nitrogens with one attached hydrogen (secondary N) is 1. The van der Waals surface area contributed by atoms with Crippen molar-refractivity contribution in [1.82, 2.24) is 29.5 Å². The largest absolute Gasteiger partial charge is 0.339 e. The van der Waals surface area contributed by atoms with Crippen molar-refractivity contribution in [2.75, 3.05) is 13.2 Å². The SMILES string of the molecule is Cc1nccnc1-c1nn2c(=O)cc(-c3ccc(CC4CCCC4)cc3)[nH]c2c1C(=O)N1C[C@@H](CF)[C@H]1C. The number of likely N-dealkylation sites (tertiary alicyclic amines) is 1. The van der Waals surface area contributed by atoms with Crippen LogP contribution in [0.5, 0.6) is 0 Å². The van der Waals surface area contributed by atoms with E-state index in [0.717, 1.165) is 17.9 Å². The number of halogens is 1. The summed E-state index contributed by atoms with van der Waals surface area (Å²) in [5.41, 5.74) is 4.24. The predicted molar refractivity (Wildman–Crippen MR) is 143 cm³/mol. The summed E-state index contributed by atoms with van der Waals surface area (Å²) in [6.07, 6.45) is 9.39. The van der Waals surface area contributed by atoms with Gasteiger partial charge in [0.15, 0.2) is 5.65 Å². The maximum absolute atomic E-state index is 13.8. The Labute approximate surface area is 219 Å². The molecule has 3 aromatic heterocycles. The number of carbonyl (C=O) groups is 1. The van der Waals surface area contributed by atoms with E-state index in [9.17, 15) is 14.0 Å². The molecule has 4 aromatic rings. The Morgan fingerprint density at radius 2 is 1.84 bits per heavy atom. The third kappa shape index (κ3) is 4.19. The van der Waals surface area contributed by atoms with Crippen LogP contribution in [0.15, 0.2) is 47.5 Å². The highest BCUT2D eigenvalue weighted by Crippen LogP contribution is 2.33. The van der Waals surface area contributed by atoms with Crippen molar-refractivity contribution in [1.29, 1.82) is 0 Å². The van der Waals surface area contributed by atoms with Crippen LogP contribution in [-0.4, -0.2) is 54.6 Å². The first-order chi connectivity index (χ1) is 18.4. The third-order valence-electron chi connectivity index (χ3n) is 8.26. The van der Waals surface area contributed by atoms with E-state index in [4.69, 9.17) is 0 Å². The predicted octanol–water partition coefficient (Wildman–Crippen LogP) is 4.62. The molecule has 38 heavy (non-hydrogen) atoms. The fraction of sp³-hybridized carbons (Fsp3) is 0.414. The second-order valence-electron chi connectivity index (χ2n) is 10.7. The van der Waals surface area contributed by atoms with E-state index in [0.29, 0.717) is 29.3 Å². The van der Waals surface area contributed by atoms with E-state index >= 15 is 0 Å². The van der Waals surface area contributed by atoms with Gasteiger partial charge in [-0.3, -0.25) is 23.9 Å². The molecule has 8 nitrogen and oxygen atoms in total. The van der Waals surface area contributed by atoms with E-state index in [1.165, 1.54) is 48.0 Å². The van der Waals surface area contributed by atoms with Gasteiger partial charge in [-0.15, -0.1) is 0 Å². The van der Waals surface area contributed by atoms with Crippen molar-refractivity contribution >= 4 is 11.6 Å². The lowest BCUT2D eigenvalue weighted by molar-refractivity contribution is 0.0142. The molecule has 1 aliphatic heterocycles. The number of aromatic amines is 1. The molecular formula is C29H31FN6O2. The fourth-order valence-electron chi connectivity index (χ4n) is 5.85. The molecule has 1 saturated heterocycles. The molecule has 6 rings (SSSR count). The van der Waals surface area contributed by atoms with Gasteiger partial charge in [-0.1, -0.05) is 49.9 Å². The molecule has 1 saturated carbocycles. The summed E-state index contributed by atoms with van der Waals surface area (Å²) in [5, 5.41) is 4.52. The maximum Gasteiger partial charge on any atom is 0.274 e. The highest BCUT2D eigenvalue weighted by atomic mass is 19.1. The van der Waals surface area contributed by atoms with Crippen molar-refractivity contribution in [2.24, 2.45) is 11.8 Å². The number of amides is 1. The number of carbonyl (C=O) groups excluding carboxylic acids is 1. The van der Waals surface area contributed by atoms with Crippen LogP contribution in [0, 0.1) is 18.8 Å². The lowest BCUT2D eigenvalue weighted by Crippen LogP contribution is -2.58. The average molecular weight is 515 g/mol. The molecule has 1 aromatic carbocycles. The van der Waals surface area contributed by atoms with E-state index in [1.54, 1.807) is 18.0 Å². The second kappa shape index (κ2) is 9.78. The van der Waals surface area contributed by atoms with Crippen LogP contribution in [0.1, 0.15) is 54.2 Å². The smallest absolute Gasteiger partial charge is 0.274 e. The monoisotopic (exact) mass is 514 g/mol. The molecule has 196 valence electrons. The minimum atomic E-state index is -0.479. The van der Waals surface area contributed by atoms with Gasteiger partial charge in [-0.2, -0.15) is 9.61 Å². The Bertz CT molecular complexity index is 1550. The van der Waals surface area contributed by atoms with Gasteiger partial charge < -0.3 is 9.88 Å². The van der Waals surface area contributed by atoms with Crippen LogP contribution >= 0.6 is 0 Å².